The molecule has 76 valence electrons. The highest BCUT2D eigenvalue weighted by atomic mass is 32.1. The molecule has 0 bridgehead atoms. The van der Waals surface area contributed by atoms with E-state index in [0.717, 1.165) is 23.7 Å². The molecule has 0 saturated heterocycles. The maximum absolute atomic E-state index is 8.95. The number of aryl methyl sites for hydroxylation is 1. The lowest BCUT2D eigenvalue weighted by Crippen LogP contribution is -2.36. The predicted octanol–water partition coefficient (Wildman–Crippen LogP) is 1.19. The van der Waals surface area contributed by atoms with Crippen molar-refractivity contribution in [2.45, 2.75) is 19.4 Å². The standard InChI is InChI=1S/C10H14N2OS/c1-7-12-10(6-14-7)8-2-3-9(5-13)11-4-8/h2,6,9,11,13H,3-5H2,1H3/t9-/m1/s1. The van der Waals surface area contributed by atoms with E-state index in [2.05, 4.69) is 21.8 Å². The highest BCUT2D eigenvalue weighted by molar-refractivity contribution is 7.09. The Balaban J connectivity index is 2.10. The zero-order chi connectivity index (χ0) is 9.97. The van der Waals surface area contributed by atoms with E-state index in [9.17, 15) is 0 Å². The van der Waals surface area contributed by atoms with Crippen LogP contribution >= 0.6 is 11.3 Å². The molecule has 2 N–H and O–H groups in total. The zero-order valence-corrected chi connectivity index (χ0v) is 8.97. The third kappa shape index (κ3) is 2.03. The number of aromatic nitrogens is 1. The van der Waals surface area contributed by atoms with Gasteiger partial charge in [-0.2, -0.15) is 0 Å². The first-order valence-corrected chi connectivity index (χ1v) is 5.63. The number of thiazole rings is 1. The zero-order valence-electron chi connectivity index (χ0n) is 8.16. The summed E-state index contributed by atoms with van der Waals surface area (Å²) in [7, 11) is 0. The molecule has 0 aromatic carbocycles. The minimum Gasteiger partial charge on any atom is -0.395 e. The summed E-state index contributed by atoms with van der Waals surface area (Å²) in [5.74, 6) is 0. The molecule has 2 heterocycles. The van der Waals surface area contributed by atoms with Gasteiger partial charge in [0, 0.05) is 18.0 Å². The summed E-state index contributed by atoms with van der Waals surface area (Å²) in [6.07, 6.45) is 3.06. The van der Waals surface area contributed by atoms with E-state index in [4.69, 9.17) is 5.11 Å². The Morgan fingerprint density at radius 1 is 1.71 bits per heavy atom. The second kappa shape index (κ2) is 4.21. The van der Waals surface area contributed by atoms with Crippen molar-refractivity contribution in [3.63, 3.8) is 0 Å². The van der Waals surface area contributed by atoms with Crippen molar-refractivity contribution >= 4 is 16.9 Å². The number of rotatable bonds is 2. The van der Waals surface area contributed by atoms with Crippen molar-refractivity contribution in [1.29, 1.82) is 0 Å². The molecule has 2 rings (SSSR count). The number of hydrogen-bond donors (Lipinski definition) is 2. The molecule has 1 aliphatic rings. The highest BCUT2D eigenvalue weighted by Gasteiger charge is 2.14. The molecular weight excluding hydrogens is 196 g/mol. The first-order valence-electron chi connectivity index (χ1n) is 4.75. The Morgan fingerprint density at radius 3 is 3.07 bits per heavy atom. The lowest BCUT2D eigenvalue weighted by molar-refractivity contribution is 0.245. The normalized spacial score (nSPS) is 22.1. The van der Waals surface area contributed by atoms with E-state index in [0.29, 0.717) is 0 Å². The van der Waals surface area contributed by atoms with Gasteiger partial charge >= 0.3 is 0 Å². The lowest BCUT2D eigenvalue weighted by Gasteiger charge is -2.20. The fourth-order valence-electron chi connectivity index (χ4n) is 1.54. The van der Waals surface area contributed by atoms with E-state index < -0.39 is 0 Å². The van der Waals surface area contributed by atoms with Crippen LogP contribution in [-0.4, -0.2) is 29.3 Å². The fourth-order valence-corrected chi connectivity index (χ4v) is 2.18. The molecule has 0 fully saturated rings. The van der Waals surface area contributed by atoms with Crippen molar-refractivity contribution in [3.8, 4) is 0 Å². The maximum Gasteiger partial charge on any atom is 0.0901 e. The summed E-state index contributed by atoms with van der Waals surface area (Å²) in [6.45, 7) is 3.04. The van der Waals surface area contributed by atoms with E-state index in [-0.39, 0.29) is 12.6 Å². The molecule has 1 aromatic heterocycles. The molecule has 0 unspecified atom stereocenters. The van der Waals surface area contributed by atoms with Crippen LogP contribution in [0.5, 0.6) is 0 Å². The average Bonchev–Trinajstić information content (AvgIpc) is 2.65. The minimum absolute atomic E-state index is 0.208. The van der Waals surface area contributed by atoms with Gasteiger partial charge in [0.15, 0.2) is 0 Å². The second-order valence-corrected chi connectivity index (χ2v) is 4.54. The first-order chi connectivity index (χ1) is 6.79. The largest absolute Gasteiger partial charge is 0.395 e. The monoisotopic (exact) mass is 210 g/mol. The van der Waals surface area contributed by atoms with Crippen LogP contribution in [0.15, 0.2) is 11.5 Å². The summed E-state index contributed by atoms with van der Waals surface area (Å²) in [5, 5.41) is 15.4. The lowest BCUT2D eigenvalue weighted by atomic mass is 10.0. The van der Waals surface area contributed by atoms with Gasteiger partial charge in [-0.3, -0.25) is 0 Å². The molecule has 0 saturated carbocycles. The molecule has 0 amide bonds. The molecule has 0 spiro atoms. The van der Waals surface area contributed by atoms with Gasteiger partial charge in [-0.25, -0.2) is 4.98 Å². The van der Waals surface area contributed by atoms with Crippen LogP contribution in [0, 0.1) is 6.92 Å². The second-order valence-electron chi connectivity index (χ2n) is 3.48. The van der Waals surface area contributed by atoms with Gasteiger partial charge in [0.1, 0.15) is 0 Å². The Bertz CT molecular complexity index is 346. The van der Waals surface area contributed by atoms with Gasteiger partial charge in [0.05, 0.1) is 17.3 Å². The minimum atomic E-state index is 0.208. The summed E-state index contributed by atoms with van der Waals surface area (Å²) in [5.41, 5.74) is 2.33. The summed E-state index contributed by atoms with van der Waals surface area (Å²) in [6, 6.07) is 0.221. The van der Waals surface area contributed by atoms with Gasteiger partial charge < -0.3 is 10.4 Å². The van der Waals surface area contributed by atoms with Crippen LogP contribution in [0.25, 0.3) is 5.57 Å². The van der Waals surface area contributed by atoms with Crippen LogP contribution in [0.4, 0.5) is 0 Å². The quantitative estimate of drug-likeness (QED) is 0.770. The Hall–Kier alpha value is -0.710. The summed E-state index contributed by atoms with van der Waals surface area (Å²) >= 11 is 1.68. The smallest absolute Gasteiger partial charge is 0.0901 e. The first kappa shape index (κ1) is 9.83. The molecule has 14 heavy (non-hydrogen) atoms. The van der Waals surface area contributed by atoms with Crippen molar-refractivity contribution in [2.24, 2.45) is 0 Å². The number of aliphatic hydroxyl groups excluding tert-OH is 1. The topological polar surface area (TPSA) is 45.2 Å². The Labute approximate surface area is 87.5 Å². The molecule has 1 aliphatic heterocycles. The summed E-state index contributed by atoms with van der Waals surface area (Å²) < 4.78 is 0. The van der Waals surface area contributed by atoms with Gasteiger partial charge in [-0.1, -0.05) is 6.08 Å². The van der Waals surface area contributed by atoms with Crippen LogP contribution in [0.3, 0.4) is 0 Å². The highest BCUT2D eigenvalue weighted by Crippen LogP contribution is 2.20. The van der Waals surface area contributed by atoms with Gasteiger partial charge in [-0.15, -0.1) is 11.3 Å². The maximum atomic E-state index is 8.95. The third-order valence-corrected chi connectivity index (χ3v) is 3.17. The van der Waals surface area contributed by atoms with Crippen molar-refractivity contribution in [2.75, 3.05) is 13.2 Å². The van der Waals surface area contributed by atoms with E-state index in [1.165, 1.54) is 5.57 Å². The number of aliphatic hydroxyl groups is 1. The molecule has 0 aliphatic carbocycles. The molecule has 1 aromatic rings. The van der Waals surface area contributed by atoms with Gasteiger partial charge in [0.2, 0.25) is 0 Å². The molecule has 1 atom stereocenters. The van der Waals surface area contributed by atoms with Crippen molar-refractivity contribution in [3.05, 3.63) is 22.2 Å². The average molecular weight is 210 g/mol. The SMILES string of the molecule is Cc1nc(C2=CC[C@H](CO)NC2)cs1. The Morgan fingerprint density at radius 2 is 2.57 bits per heavy atom. The van der Waals surface area contributed by atoms with Crippen molar-refractivity contribution in [1.82, 2.24) is 10.3 Å². The van der Waals surface area contributed by atoms with Crippen LogP contribution in [0.1, 0.15) is 17.1 Å². The van der Waals surface area contributed by atoms with Crippen LogP contribution in [-0.2, 0) is 0 Å². The molecule has 3 nitrogen and oxygen atoms in total. The molecular formula is C10H14N2OS. The Kier molecular flexibility index (Phi) is 2.96. The van der Waals surface area contributed by atoms with Crippen LogP contribution in [0.2, 0.25) is 0 Å². The van der Waals surface area contributed by atoms with Crippen molar-refractivity contribution < 1.29 is 5.11 Å². The number of hydrogen-bond acceptors (Lipinski definition) is 4. The van der Waals surface area contributed by atoms with E-state index in [1.807, 2.05) is 6.92 Å². The molecule has 0 radical (unpaired) electrons. The molecule has 4 heteroatoms. The number of nitrogens with one attached hydrogen (secondary N) is 1. The van der Waals surface area contributed by atoms with E-state index >= 15 is 0 Å². The fraction of sp³-hybridized carbons (Fsp3) is 0.500. The third-order valence-electron chi connectivity index (χ3n) is 2.40. The van der Waals surface area contributed by atoms with Crippen LogP contribution < -0.4 is 5.32 Å². The summed E-state index contributed by atoms with van der Waals surface area (Å²) in [4.78, 5) is 4.43. The van der Waals surface area contributed by atoms with E-state index in [1.54, 1.807) is 11.3 Å². The van der Waals surface area contributed by atoms with Gasteiger partial charge in [-0.05, 0) is 18.9 Å². The predicted molar refractivity (Wildman–Crippen MR) is 58.3 cm³/mol. The number of nitrogens with zero attached hydrogens (tertiary/aromatic N) is 1. The van der Waals surface area contributed by atoms with Gasteiger partial charge in [0.25, 0.3) is 0 Å².